The zero-order valence-electron chi connectivity index (χ0n) is 8.55. The number of aliphatic hydroxyl groups excluding tert-OH is 1. The van der Waals surface area contributed by atoms with E-state index in [4.69, 9.17) is 0 Å². The standard InChI is InChI=1S/C11H18OS/c1-3-9-13(4-2)11-7-5-10(12)6-8-11/h5,7H,3-4,6,8-9H2,1-2H3/p+1. The molecule has 0 spiro atoms. The Kier molecular flexibility index (Phi) is 4.43. The van der Waals surface area contributed by atoms with Crippen molar-refractivity contribution < 1.29 is 5.11 Å². The van der Waals surface area contributed by atoms with E-state index in [1.54, 1.807) is 4.91 Å². The molecule has 0 saturated heterocycles. The molecule has 1 rings (SSSR count). The van der Waals surface area contributed by atoms with Crippen molar-refractivity contribution in [2.45, 2.75) is 33.1 Å². The molecule has 0 amide bonds. The summed E-state index contributed by atoms with van der Waals surface area (Å²) in [5.74, 6) is 3.12. The molecular weight excluding hydrogens is 180 g/mol. The lowest BCUT2D eigenvalue weighted by molar-refractivity contribution is 0.387. The van der Waals surface area contributed by atoms with E-state index in [0.717, 1.165) is 12.8 Å². The molecule has 0 aromatic carbocycles. The third-order valence-corrected chi connectivity index (χ3v) is 4.94. The van der Waals surface area contributed by atoms with Gasteiger partial charge in [0.15, 0.2) is 0 Å². The van der Waals surface area contributed by atoms with Crippen LogP contribution in [0, 0.1) is 0 Å². The highest BCUT2D eigenvalue weighted by Gasteiger charge is 2.22. The molecule has 0 saturated carbocycles. The highest BCUT2D eigenvalue weighted by molar-refractivity contribution is 8.00. The summed E-state index contributed by atoms with van der Waals surface area (Å²) in [4.78, 5) is 1.56. The number of allylic oxidation sites excluding steroid dienone is 4. The lowest BCUT2D eigenvalue weighted by Crippen LogP contribution is -2.13. The minimum Gasteiger partial charge on any atom is -0.512 e. The van der Waals surface area contributed by atoms with Gasteiger partial charge >= 0.3 is 0 Å². The first-order valence-corrected chi connectivity index (χ1v) is 6.60. The zero-order chi connectivity index (χ0) is 9.68. The summed E-state index contributed by atoms with van der Waals surface area (Å²) >= 11 is 0. The Morgan fingerprint density at radius 2 is 2.08 bits per heavy atom. The second-order valence-electron chi connectivity index (χ2n) is 3.28. The van der Waals surface area contributed by atoms with E-state index in [0.29, 0.717) is 16.7 Å². The number of aliphatic hydroxyl groups is 1. The molecule has 74 valence electrons. The van der Waals surface area contributed by atoms with Crippen LogP contribution in [0.5, 0.6) is 0 Å². The molecule has 1 atom stereocenters. The Hall–Kier alpha value is -0.370. The Morgan fingerprint density at radius 1 is 1.31 bits per heavy atom. The lowest BCUT2D eigenvalue weighted by atomic mass is 10.2. The van der Waals surface area contributed by atoms with Gasteiger partial charge in [0.1, 0.15) is 16.4 Å². The van der Waals surface area contributed by atoms with E-state index < -0.39 is 0 Å². The molecule has 1 N–H and O–H groups in total. The van der Waals surface area contributed by atoms with Crippen molar-refractivity contribution in [2.75, 3.05) is 11.5 Å². The average Bonchev–Trinajstić information content (AvgIpc) is 2.16. The molecule has 0 aliphatic heterocycles. The maximum atomic E-state index is 9.23. The Balaban J connectivity index is 2.59. The second kappa shape index (κ2) is 5.38. The minimum atomic E-state index is 0.473. The van der Waals surface area contributed by atoms with E-state index >= 15 is 0 Å². The van der Waals surface area contributed by atoms with Crippen LogP contribution in [0.2, 0.25) is 0 Å². The fraction of sp³-hybridized carbons (Fsp3) is 0.636. The zero-order valence-corrected chi connectivity index (χ0v) is 9.36. The molecule has 1 aliphatic carbocycles. The van der Waals surface area contributed by atoms with Gasteiger partial charge in [-0.15, -0.1) is 0 Å². The summed E-state index contributed by atoms with van der Waals surface area (Å²) in [7, 11) is 0.473. The molecule has 0 aromatic rings. The predicted octanol–water partition coefficient (Wildman–Crippen LogP) is 3.15. The van der Waals surface area contributed by atoms with E-state index in [1.807, 2.05) is 6.08 Å². The molecular formula is C11H19OS+. The summed E-state index contributed by atoms with van der Waals surface area (Å²) in [5.41, 5.74) is 0. The fourth-order valence-corrected chi connectivity index (χ4v) is 3.62. The molecule has 1 aliphatic rings. The third kappa shape index (κ3) is 3.11. The summed E-state index contributed by atoms with van der Waals surface area (Å²) in [6, 6.07) is 0. The maximum Gasteiger partial charge on any atom is 0.132 e. The van der Waals surface area contributed by atoms with Gasteiger partial charge in [-0.3, -0.25) is 0 Å². The molecule has 1 nitrogen and oxygen atoms in total. The molecule has 0 radical (unpaired) electrons. The van der Waals surface area contributed by atoms with E-state index in [2.05, 4.69) is 19.9 Å². The smallest absolute Gasteiger partial charge is 0.132 e. The van der Waals surface area contributed by atoms with E-state index in [1.165, 1.54) is 17.9 Å². The van der Waals surface area contributed by atoms with Crippen molar-refractivity contribution in [3.05, 3.63) is 22.8 Å². The first-order valence-electron chi connectivity index (χ1n) is 5.04. The van der Waals surface area contributed by atoms with Crippen molar-refractivity contribution in [3.63, 3.8) is 0 Å². The minimum absolute atomic E-state index is 0.473. The maximum absolute atomic E-state index is 9.23. The van der Waals surface area contributed by atoms with E-state index in [-0.39, 0.29) is 0 Å². The van der Waals surface area contributed by atoms with Crippen molar-refractivity contribution >= 4 is 10.9 Å². The van der Waals surface area contributed by atoms with Gasteiger partial charge in [0.05, 0.1) is 5.76 Å². The highest BCUT2D eigenvalue weighted by Crippen LogP contribution is 2.24. The lowest BCUT2D eigenvalue weighted by Gasteiger charge is -2.11. The van der Waals surface area contributed by atoms with Crippen LogP contribution in [-0.4, -0.2) is 16.6 Å². The topological polar surface area (TPSA) is 20.2 Å². The van der Waals surface area contributed by atoms with Gasteiger partial charge < -0.3 is 5.11 Å². The van der Waals surface area contributed by atoms with Crippen LogP contribution in [0.1, 0.15) is 33.1 Å². The first kappa shape index (κ1) is 10.7. The van der Waals surface area contributed by atoms with Crippen molar-refractivity contribution in [3.8, 4) is 0 Å². The Bertz CT molecular complexity index is 218. The molecule has 2 heteroatoms. The van der Waals surface area contributed by atoms with Crippen LogP contribution in [0.15, 0.2) is 22.8 Å². The average molecular weight is 199 g/mol. The monoisotopic (exact) mass is 199 g/mol. The van der Waals surface area contributed by atoms with Gasteiger partial charge in [-0.1, -0.05) is 6.92 Å². The Labute approximate surface area is 83.9 Å². The van der Waals surface area contributed by atoms with Crippen LogP contribution in [-0.2, 0) is 10.9 Å². The summed E-state index contributed by atoms with van der Waals surface area (Å²) < 4.78 is 0. The van der Waals surface area contributed by atoms with Crippen molar-refractivity contribution in [1.82, 2.24) is 0 Å². The Morgan fingerprint density at radius 3 is 2.54 bits per heavy atom. The summed E-state index contributed by atoms with van der Waals surface area (Å²) in [6.45, 7) is 4.50. The number of rotatable bonds is 4. The molecule has 0 aromatic heterocycles. The van der Waals surface area contributed by atoms with Gasteiger partial charge in [-0.05, 0) is 25.5 Å². The molecule has 0 heterocycles. The van der Waals surface area contributed by atoms with Gasteiger partial charge in [0.25, 0.3) is 0 Å². The van der Waals surface area contributed by atoms with Gasteiger partial charge in [0.2, 0.25) is 0 Å². The SMILES string of the molecule is CCC[S+](CC)C1=CC=C(O)CC1. The first-order chi connectivity index (χ1) is 6.27. The van der Waals surface area contributed by atoms with Crippen LogP contribution >= 0.6 is 0 Å². The normalized spacial score (nSPS) is 19.2. The molecule has 0 bridgehead atoms. The van der Waals surface area contributed by atoms with E-state index in [9.17, 15) is 5.11 Å². The predicted molar refractivity (Wildman–Crippen MR) is 61.1 cm³/mol. The summed E-state index contributed by atoms with van der Waals surface area (Å²) in [6.07, 6.45) is 7.17. The molecule has 13 heavy (non-hydrogen) atoms. The number of hydrogen-bond acceptors (Lipinski definition) is 1. The number of hydrogen-bond donors (Lipinski definition) is 1. The third-order valence-electron chi connectivity index (χ3n) is 2.26. The van der Waals surface area contributed by atoms with Crippen LogP contribution in [0.3, 0.4) is 0 Å². The van der Waals surface area contributed by atoms with Crippen LogP contribution in [0.25, 0.3) is 0 Å². The second-order valence-corrected chi connectivity index (χ2v) is 5.77. The largest absolute Gasteiger partial charge is 0.512 e. The fourth-order valence-electron chi connectivity index (χ4n) is 1.55. The highest BCUT2D eigenvalue weighted by atomic mass is 32.2. The van der Waals surface area contributed by atoms with Gasteiger partial charge in [-0.25, -0.2) is 0 Å². The summed E-state index contributed by atoms with van der Waals surface area (Å²) in [5, 5.41) is 9.23. The van der Waals surface area contributed by atoms with Crippen LogP contribution < -0.4 is 0 Å². The quantitative estimate of drug-likeness (QED) is 0.690. The van der Waals surface area contributed by atoms with Gasteiger partial charge in [0, 0.05) is 23.7 Å². The van der Waals surface area contributed by atoms with Crippen LogP contribution in [0.4, 0.5) is 0 Å². The van der Waals surface area contributed by atoms with Crippen molar-refractivity contribution in [1.29, 1.82) is 0 Å². The molecule has 0 fully saturated rings. The van der Waals surface area contributed by atoms with Gasteiger partial charge in [-0.2, -0.15) is 0 Å². The van der Waals surface area contributed by atoms with Crippen molar-refractivity contribution in [2.24, 2.45) is 0 Å². The molecule has 1 unspecified atom stereocenters.